The molecule has 5 rings (SSSR count). The van der Waals surface area contributed by atoms with Crippen molar-refractivity contribution in [3.05, 3.63) is 30.1 Å². The summed E-state index contributed by atoms with van der Waals surface area (Å²) >= 11 is 0. The Bertz CT molecular complexity index is 1120. The number of piperidine rings is 1. The second kappa shape index (κ2) is 9.27. The third-order valence-corrected chi connectivity index (χ3v) is 8.27. The zero-order chi connectivity index (χ0) is 24.8. The second-order valence-electron chi connectivity index (χ2n) is 9.68. The molecule has 0 spiro atoms. The van der Waals surface area contributed by atoms with Crippen LogP contribution in [0.1, 0.15) is 57.2 Å². The van der Waals surface area contributed by atoms with Gasteiger partial charge in [-0.2, -0.15) is 18.2 Å². The number of benzene rings is 1. The SMILES string of the molecule is CS(=O)(=O)c1ccc(OC2CCC(OC3C[C@@H]4CC[C@@H](C3)N4c3nc(C(F)(F)F)no3)CC2)cc1. The predicted octanol–water partition coefficient (Wildman–Crippen LogP) is 4.40. The maximum absolute atomic E-state index is 12.9. The van der Waals surface area contributed by atoms with Crippen LogP contribution in [0.5, 0.6) is 5.75 Å². The number of nitrogens with zero attached hydrogens (tertiary/aromatic N) is 3. The van der Waals surface area contributed by atoms with Crippen molar-refractivity contribution in [1.29, 1.82) is 0 Å². The van der Waals surface area contributed by atoms with E-state index in [9.17, 15) is 21.6 Å². The van der Waals surface area contributed by atoms with E-state index in [4.69, 9.17) is 14.0 Å². The summed E-state index contributed by atoms with van der Waals surface area (Å²) in [6.45, 7) is 0. The van der Waals surface area contributed by atoms with E-state index in [2.05, 4.69) is 10.1 Å². The summed E-state index contributed by atoms with van der Waals surface area (Å²) < 4.78 is 79.1. The third kappa shape index (κ3) is 5.42. The summed E-state index contributed by atoms with van der Waals surface area (Å²) in [5.41, 5.74) is 0. The molecule has 1 aromatic carbocycles. The van der Waals surface area contributed by atoms with Crippen molar-refractivity contribution < 1.29 is 35.6 Å². The molecule has 0 unspecified atom stereocenters. The number of hydrogen-bond donors (Lipinski definition) is 0. The lowest BCUT2D eigenvalue weighted by Gasteiger charge is -2.39. The maximum Gasteiger partial charge on any atom is 0.455 e. The fraction of sp³-hybridized carbons (Fsp3) is 0.652. The summed E-state index contributed by atoms with van der Waals surface area (Å²) in [4.78, 5) is 5.70. The Balaban J connectivity index is 1.10. The van der Waals surface area contributed by atoms with Gasteiger partial charge in [-0.25, -0.2) is 8.42 Å². The molecule has 0 N–H and O–H groups in total. The van der Waals surface area contributed by atoms with Gasteiger partial charge in [0.15, 0.2) is 9.84 Å². The molecular formula is C23H28F3N3O5S. The Morgan fingerprint density at radius 2 is 1.54 bits per heavy atom. The minimum absolute atomic E-state index is 0.0369. The van der Waals surface area contributed by atoms with Gasteiger partial charge in [0.2, 0.25) is 0 Å². The van der Waals surface area contributed by atoms with Crippen LogP contribution in [0.15, 0.2) is 33.7 Å². The third-order valence-electron chi connectivity index (χ3n) is 7.14. The molecule has 2 atom stereocenters. The van der Waals surface area contributed by atoms with Crippen LogP contribution in [0.2, 0.25) is 0 Å². The highest BCUT2D eigenvalue weighted by molar-refractivity contribution is 7.90. The first-order chi connectivity index (χ1) is 16.6. The number of sulfone groups is 1. The molecule has 1 aromatic heterocycles. The van der Waals surface area contributed by atoms with Gasteiger partial charge in [-0.05, 0) is 80.8 Å². The van der Waals surface area contributed by atoms with Gasteiger partial charge in [0.25, 0.3) is 5.82 Å². The molecular weight excluding hydrogens is 487 g/mol. The minimum atomic E-state index is -4.62. The Morgan fingerprint density at radius 3 is 2.09 bits per heavy atom. The number of anilines is 1. The van der Waals surface area contributed by atoms with Gasteiger partial charge in [-0.1, -0.05) is 0 Å². The molecule has 2 bridgehead atoms. The van der Waals surface area contributed by atoms with Gasteiger partial charge in [0.05, 0.1) is 23.2 Å². The number of ether oxygens (including phenoxy) is 2. The molecule has 2 aliphatic heterocycles. The van der Waals surface area contributed by atoms with Crippen LogP contribution in [0.25, 0.3) is 0 Å². The smallest absolute Gasteiger partial charge is 0.455 e. The normalized spacial score (nSPS) is 29.4. The largest absolute Gasteiger partial charge is 0.490 e. The fourth-order valence-corrected chi connectivity index (χ4v) is 6.13. The van der Waals surface area contributed by atoms with E-state index in [-0.39, 0.29) is 41.3 Å². The molecule has 0 radical (unpaired) electrons. The number of halogens is 3. The van der Waals surface area contributed by atoms with E-state index in [1.165, 1.54) is 6.26 Å². The molecule has 2 saturated heterocycles. The quantitative estimate of drug-likeness (QED) is 0.559. The lowest BCUT2D eigenvalue weighted by Crippen LogP contribution is -2.47. The molecule has 3 fully saturated rings. The number of aromatic nitrogens is 2. The molecule has 3 heterocycles. The van der Waals surface area contributed by atoms with Crippen LogP contribution in [-0.4, -0.2) is 55.2 Å². The van der Waals surface area contributed by atoms with Crippen LogP contribution in [0, 0.1) is 0 Å². The lowest BCUT2D eigenvalue weighted by molar-refractivity contribution is -0.146. The van der Waals surface area contributed by atoms with Gasteiger partial charge in [-0.15, -0.1) is 0 Å². The van der Waals surface area contributed by atoms with Crippen molar-refractivity contribution in [2.24, 2.45) is 0 Å². The van der Waals surface area contributed by atoms with Gasteiger partial charge >= 0.3 is 12.2 Å². The van der Waals surface area contributed by atoms with Crippen molar-refractivity contribution in [2.45, 2.75) is 92.8 Å². The van der Waals surface area contributed by atoms with E-state index in [0.717, 1.165) is 51.4 Å². The average Bonchev–Trinajstić information content (AvgIpc) is 3.38. The topological polar surface area (TPSA) is 94.8 Å². The number of rotatable bonds is 6. The fourth-order valence-electron chi connectivity index (χ4n) is 5.50. The van der Waals surface area contributed by atoms with E-state index >= 15 is 0 Å². The number of alkyl halides is 3. The average molecular weight is 516 g/mol. The molecule has 35 heavy (non-hydrogen) atoms. The zero-order valence-electron chi connectivity index (χ0n) is 19.3. The van der Waals surface area contributed by atoms with Crippen molar-refractivity contribution in [3.8, 4) is 5.75 Å². The molecule has 12 heteroatoms. The van der Waals surface area contributed by atoms with Crippen LogP contribution in [0.3, 0.4) is 0 Å². The predicted molar refractivity (Wildman–Crippen MR) is 119 cm³/mol. The van der Waals surface area contributed by atoms with Crippen LogP contribution < -0.4 is 9.64 Å². The van der Waals surface area contributed by atoms with Crippen LogP contribution >= 0.6 is 0 Å². The summed E-state index contributed by atoms with van der Waals surface area (Å²) in [5.74, 6) is -0.587. The molecule has 2 aromatic rings. The second-order valence-corrected chi connectivity index (χ2v) is 11.7. The number of hydrogen-bond acceptors (Lipinski definition) is 8. The van der Waals surface area contributed by atoms with Gasteiger partial charge in [-0.3, -0.25) is 0 Å². The Morgan fingerprint density at radius 1 is 0.943 bits per heavy atom. The van der Waals surface area contributed by atoms with Crippen molar-refractivity contribution in [1.82, 2.24) is 10.1 Å². The highest BCUT2D eigenvalue weighted by Crippen LogP contribution is 2.41. The Hall–Kier alpha value is -2.34. The Kier molecular flexibility index (Phi) is 6.45. The van der Waals surface area contributed by atoms with Crippen LogP contribution in [-0.2, 0) is 20.8 Å². The first-order valence-electron chi connectivity index (χ1n) is 11.9. The monoisotopic (exact) mass is 515 g/mol. The van der Waals surface area contributed by atoms with Gasteiger partial charge in [0.1, 0.15) is 5.75 Å². The minimum Gasteiger partial charge on any atom is -0.490 e. The summed E-state index contributed by atoms with van der Waals surface area (Å²) in [6, 6.07) is 6.50. The molecule has 3 aliphatic rings. The van der Waals surface area contributed by atoms with Crippen molar-refractivity contribution >= 4 is 15.9 Å². The van der Waals surface area contributed by atoms with Crippen molar-refractivity contribution in [2.75, 3.05) is 11.2 Å². The van der Waals surface area contributed by atoms with Crippen LogP contribution in [0.4, 0.5) is 19.2 Å². The lowest BCUT2D eigenvalue weighted by atomic mass is 9.93. The van der Waals surface area contributed by atoms with Crippen molar-refractivity contribution in [3.63, 3.8) is 0 Å². The molecule has 0 amide bonds. The highest BCUT2D eigenvalue weighted by Gasteiger charge is 2.46. The summed E-state index contributed by atoms with van der Waals surface area (Å²) in [5, 5.41) is 3.10. The van der Waals surface area contributed by atoms with E-state index < -0.39 is 21.8 Å². The highest BCUT2D eigenvalue weighted by atomic mass is 32.2. The first-order valence-corrected chi connectivity index (χ1v) is 13.8. The molecule has 8 nitrogen and oxygen atoms in total. The molecule has 1 aliphatic carbocycles. The zero-order valence-corrected chi connectivity index (χ0v) is 20.1. The summed E-state index contributed by atoms with van der Waals surface area (Å²) in [7, 11) is -3.23. The van der Waals surface area contributed by atoms with E-state index in [1.54, 1.807) is 24.3 Å². The molecule has 1 saturated carbocycles. The summed E-state index contributed by atoms with van der Waals surface area (Å²) in [6.07, 6.45) is 3.38. The Labute approximate surface area is 201 Å². The standard InChI is InChI=1S/C23H28F3N3O5S/c1-35(30,31)20-10-8-18(9-11-20)32-16-4-6-17(7-5-16)33-19-12-14-2-3-15(13-19)29(14)22-27-21(28-34-22)23(24,25)26/h8-11,14-17,19H,2-7,12-13H2,1H3/t14-,15-,16?,17?/m0/s1. The maximum atomic E-state index is 12.9. The van der Waals surface area contributed by atoms with E-state index in [1.807, 2.05) is 4.90 Å². The number of fused-ring (bicyclic) bond motifs is 2. The van der Waals surface area contributed by atoms with Gasteiger partial charge < -0.3 is 18.9 Å². The molecule has 192 valence electrons. The van der Waals surface area contributed by atoms with E-state index in [0.29, 0.717) is 5.75 Å². The first kappa shape index (κ1) is 24.4. The van der Waals surface area contributed by atoms with Gasteiger partial charge in [0, 0.05) is 18.3 Å².